The van der Waals surface area contributed by atoms with Gasteiger partial charge >= 0.3 is 0 Å². The molecule has 6 nitrogen and oxygen atoms in total. The van der Waals surface area contributed by atoms with E-state index in [2.05, 4.69) is 25.3 Å². The summed E-state index contributed by atoms with van der Waals surface area (Å²) in [5.74, 6) is 0.641. The molecule has 4 aromatic heterocycles. The number of hydrogen-bond donors (Lipinski definition) is 0. The average molecular weight is 330 g/mol. The minimum atomic E-state index is 0.641. The second-order valence-corrected chi connectivity index (χ2v) is 6.21. The molecule has 5 rings (SSSR count). The zero-order valence-corrected chi connectivity index (χ0v) is 13.2. The largest absolute Gasteiger partial charge is 0.264 e. The molecule has 0 fully saturated rings. The van der Waals surface area contributed by atoms with Gasteiger partial charge in [0.25, 0.3) is 0 Å². The quantitative estimate of drug-likeness (QED) is 0.496. The highest BCUT2D eigenvalue weighted by atomic mass is 32.1. The Labute approximate surface area is 140 Å². The first-order valence-electron chi connectivity index (χ1n) is 7.37. The van der Waals surface area contributed by atoms with E-state index < -0.39 is 0 Å². The maximum absolute atomic E-state index is 4.68. The van der Waals surface area contributed by atoms with Gasteiger partial charge in [0.05, 0.1) is 5.52 Å². The topological polar surface area (TPSA) is 68.9 Å². The molecule has 0 amide bonds. The van der Waals surface area contributed by atoms with E-state index in [0.29, 0.717) is 5.82 Å². The predicted octanol–water partition coefficient (Wildman–Crippen LogP) is 3.46. The second kappa shape index (κ2) is 5.17. The minimum absolute atomic E-state index is 0.641. The molecule has 24 heavy (non-hydrogen) atoms. The van der Waals surface area contributed by atoms with Gasteiger partial charge < -0.3 is 0 Å². The molecular formula is C17H10N6S. The Bertz CT molecular complexity index is 1160. The summed E-state index contributed by atoms with van der Waals surface area (Å²) >= 11 is 1.48. The highest BCUT2D eigenvalue weighted by molar-refractivity contribution is 7.19. The van der Waals surface area contributed by atoms with E-state index in [1.807, 2.05) is 48.5 Å². The summed E-state index contributed by atoms with van der Waals surface area (Å²) in [7, 11) is 0. The lowest BCUT2D eigenvalue weighted by Crippen LogP contribution is -1.94. The molecule has 0 atom stereocenters. The fraction of sp³-hybridized carbons (Fsp3) is 0. The van der Waals surface area contributed by atoms with Crippen molar-refractivity contribution in [3.63, 3.8) is 0 Å². The third kappa shape index (κ3) is 2.06. The lowest BCUT2D eigenvalue weighted by molar-refractivity contribution is 0.963. The van der Waals surface area contributed by atoms with Gasteiger partial charge in [-0.2, -0.15) is 9.61 Å². The first kappa shape index (κ1) is 13.3. The van der Waals surface area contributed by atoms with E-state index in [1.54, 1.807) is 16.9 Å². The highest BCUT2D eigenvalue weighted by Gasteiger charge is 2.15. The van der Waals surface area contributed by atoms with E-state index in [1.165, 1.54) is 11.3 Å². The summed E-state index contributed by atoms with van der Waals surface area (Å²) < 4.78 is 1.74. The molecule has 7 heteroatoms. The predicted molar refractivity (Wildman–Crippen MR) is 92.6 cm³/mol. The minimum Gasteiger partial charge on any atom is -0.264 e. The number of nitrogens with zero attached hydrogens (tertiary/aromatic N) is 6. The molecule has 0 spiro atoms. The van der Waals surface area contributed by atoms with E-state index in [9.17, 15) is 0 Å². The maximum atomic E-state index is 4.68. The zero-order chi connectivity index (χ0) is 15.9. The summed E-state index contributed by atoms with van der Waals surface area (Å²) in [5, 5.41) is 15.1. The van der Waals surface area contributed by atoms with Crippen LogP contribution in [-0.4, -0.2) is 29.8 Å². The summed E-state index contributed by atoms with van der Waals surface area (Å²) in [6, 6.07) is 15.8. The van der Waals surface area contributed by atoms with Crippen LogP contribution in [0.1, 0.15) is 0 Å². The average Bonchev–Trinajstić information content (AvgIpc) is 3.23. The fourth-order valence-corrected chi connectivity index (χ4v) is 3.40. The number of fused-ring (bicyclic) bond motifs is 2. The highest BCUT2D eigenvalue weighted by Crippen LogP contribution is 2.27. The third-order valence-corrected chi connectivity index (χ3v) is 4.67. The van der Waals surface area contributed by atoms with Crippen molar-refractivity contribution in [3.05, 3.63) is 60.9 Å². The van der Waals surface area contributed by atoms with E-state index in [4.69, 9.17) is 0 Å². The van der Waals surface area contributed by atoms with E-state index in [0.717, 1.165) is 32.1 Å². The van der Waals surface area contributed by atoms with Crippen molar-refractivity contribution >= 4 is 27.2 Å². The van der Waals surface area contributed by atoms with Gasteiger partial charge in [0.2, 0.25) is 10.8 Å². The normalized spacial score (nSPS) is 11.3. The number of rotatable bonds is 2. The van der Waals surface area contributed by atoms with Crippen LogP contribution in [0.4, 0.5) is 0 Å². The lowest BCUT2D eigenvalue weighted by atomic mass is 10.2. The van der Waals surface area contributed by atoms with Crippen LogP contribution in [0, 0.1) is 0 Å². The van der Waals surface area contributed by atoms with Crippen LogP contribution in [0.25, 0.3) is 38.0 Å². The number of hydrogen-bond acceptors (Lipinski definition) is 6. The van der Waals surface area contributed by atoms with Crippen LogP contribution in [0.3, 0.4) is 0 Å². The van der Waals surface area contributed by atoms with Crippen LogP contribution < -0.4 is 0 Å². The first-order chi connectivity index (χ1) is 11.9. The van der Waals surface area contributed by atoms with Gasteiger partial charge in [-0.3, -0.25) is 4.98 Å². The molecular weight excluding hydrogens is 320 g/mol. The standard InChI is InChI=1S/C17H10N6S/c1-2-6-13-11(4-1)7-8-14(19-13)15-20-21-17-23(15)22-16(24-17)12-5-3-9-18-10-12/h1-10H. The van der Waals surface area contributed by atoms with Gasteiger partial charge in [-0.1, -0.05) is 35.6 Å². The van der Waals surface area contributed by atoms with Crippen molar-refractivity contribution in [2.24, 2.45) is 0 Å². The van der Waals surface area contributed by atoms with Crippen LogP contribution in [0.5, 0.6) is 0 Å². The Morgan fingerprint density at radius 1 is 0.917 bits per heavy atom. The van der Waals surface area contributed by atoms with Gasteiger partial charge in [0.1, 0.15) is 10.7 Å². The van der Waals surface area contributed by atoms with Crippen LogP contribution in [-0.2, 0) is 0 Å². The molecule has 0 unspecified atom stereocenters. The van der Waals surface area contributed by atoms with Crippen molar-refractivity contribution in [1.29, 1.82) is 0 Å². The Morgan fingerprint density at radius 2 is 1.88 bits per heavy atom. The molecule has 0 aliphatic rings. The zero-order valence-electron chi connectivity index (χ0n) is 12.4. The van der Waals surface area contributed by atoms with Gasteiger partial charge in [-0.05, 0) is 24.3 Å². The monoisotopic (exact) mass is 330 g/mol. The molecule has 0 aliphatic carbocycles. The number of pyridine rings is 2. The number of aromatic nitrogens is 6. The Morgan fingerprint density at radius 3 is 2.79 bits per heavy atom. The van der Waals surface area contributed by atoms with Crippen LogP contribution >= 0.6 is 11.3 Å². The van der Waals surface area contributed by atoms with Crippen LogP contribution in [0.2, 0.25) is 0 Å². The smallest absolute Gasteiger partial charge is 0.235 e. The molecule has 1 aromatic carbocycles. The van der Waals surface area contributed by atoms with Crippen LogP contribution in [0.15, 0.2) is 60.9 Å². The lowest BCUT2D eigenvalue weighted by Gasteiger charge is -2.00. The Balaban J connectivity index is 1.67. The van der Waals surface area contributed by atoms with Crippen molar-refractivity contribution in [3.8, 4) is 22.1 Å². The molecule has 114 valence electrons. The van der Waals surface area contributed by atoms with Gasteiger partial charge in [-0.25, -0.2) is 4.98 Å². The first-order valence-corrected chi connectivity index (χ1v) is 8.19. The van der Waals surface area contributed by atoms with Gasteiger partial charge in [0.15, 0.2) is 0 Å². The maximum Gasteiger partial charge on any atom is 0.235 e. The number of para-hydroxylation sites is 1. The van der Waals surface area contributed by atoms with Gasteiger partial charge in [0, 0.05) is 23.3 Å². The summed E-state index contributed by atoms with van der Waals surface area (Å²) in [4.78, 5) is 9.55. The fourth-order valence-electron chi connectivity index (χ4n) is 2.57. The molecule has 0 aliphatic heterocycles. The molecule has 4 heterocycles. The van der Waals surface area contributed by atoms with Gasteiger partial charge in [-0.15, -0.1) is 10.2 Å². The Hall–Kier alpha value is -3.19. The summed E-state index contributed by atoms with van der Waals surface area (Å²) in [5.41, 5.74) is 2.64. The van der Waals surface area contributed by atoms with Crippen molar-refractivity contribution < 1.29 is 0 Å². The second-order valence-electron chi connectivity index (χ2n) is 5.26. The summed E-state index contributed by atoms with van der Waals surface area (Å²) in [6.45, 7) is 0. The molecule has 0 bridgehead atoms. The molecule has 5 aromatic rings. The SMILES string of the molecule is c1cncc(-c2nn3c(-c4ccc5ccccc5n4)nnc3s2)c1. The van der Waals surface area contributed by atoms with Crippen molar-refractivity contribution in [2.75, 3.05) is 0 Å². The Kier molecular flexibility index (Phi) is 2.86. The van der Waals surface area contributed by atoms with Crippen molar-refractivity contribution in [2.45, 2.75) is 0 Å². The number of benzene rings is 1. The summed E-state index contributed by atoms with van der Waals surface area (Å²) in [6.07, 6.45) is 3.54. The molecule has 0 saturated carbocycles. The van der Waals surface area contributed by atoms with E-state index in [-0.39, 0.29) is 0 Å². The molecule has 0 radical (unpaired) electrons. The van der Waals surface area contributed by atoms with Crippen molar-refractivity contribution in [1.82, 2.24) is 29.8 Å². The third-order valence-electron chi connectivity index (χ3n) is 3.73. The van der Waals surface area contributed by atoms with E-state index >= 15 is 0 Å². The molecule has 0 N–H and O–H groups in total. The molecule has 0 saturated heterocycles.